The molecule has 0 unspecified atom stereocenters. The van der Waals surface area contributed by atoms with Crippen LogP contribution in [-0.2, 0) is 0 Å². The highest BCUT2D eigenvalue weighted by Gasteiger charge is 2.20. The molecule has 12 aromatic rings. The molecule has 0 aliphatic heterocycles. The molecule has 0 spiro atoms. The minimum Gasteiger partial charge on any atom is -0.309 e. The number of rotatable bonds is 9. The van der Waals surface area contributed by atoms with Gasteiger partial charge in [-0.25, -0.2) is 4.98 Å². The van der Waals surface area contributed by atoms with Crippen molar-refractivity contribution in [3.63, 3.8) is 0 Å². The molecule has 3 aromatic heterocycles. The van der Waals surface area contributed by atoms with Crippen molar-refractivity contribution in [3.8, 4) is 45.5 Å². The number of benzene rings is 9. The molecule has 7 nitrogen and oxygen atoms in total. The van der Waals surface area contributed by atoms with E-state index in [1.807, 2.05) is 121 Å². The number of hydrogen-bond acceptors (Lipinski definition) is 5. The standard InChI is InChI=1S/C59H37N5O2/c65-55(38-14-4-1-5-15-38)40-24-28-42(29-25-40)57-60-58(43-30-26-41(27-31-43)56(66)39-16-6-2-7-17-39)62-59(61-57)64-52-23-13-10-20-47(52)49-34-32-45(37-54(49)64)44-33-35-53-50(36-44)48-21-11-12-22-51(48)63(53)46-18-8-3-9-19-46/h1-37H. The summed E-state index contributed by atoms with van der Waals surface area (Å²) in [7, 11) is 0. The van der Waals surface area contributed by atoms with Gasteiger partial charge in [-0.1, -0.05) is 182 Å². The lowest BCUT2D eigenvalue weighted by molar-refractivity contribution is 0.103. The molecule has 0 fully saturated rings. The van der Waals surface area contributed by atoms with E-state index in [2.05, 4.69) is 112 Å². The lowest BCUT2D eigenvalue weighted by Gasteiger charge is -2.12. The third-order valence-corrected chi connectivity index (χ3v) is 12.4. The normalized spacial score (nSPS) is 11.5. The molecule has 3 heterocycles. The Labute approximate surface area is 379 Å². The number of aromatic nitrogens is 5. The summed E-state index contributed by atoms with van der Waals surface area (Å²) in [6.45, 7) is 0. The Balaban J connectivity index is 1.02. The van der Waals surface area contributed by atoms with Gasteiger partial charge in [0, 0.05) is 60.6 Å². The number of nitrogens with zero attached hydrogens (tertiary/aromatic N) is 5. The van der Waals surface area contributed by atoms with Crippen LogP contribution < -0.4 is 0 Å². The highest BCUT2D eigenvalue weighted by atomic mass is 16.1. The van der Waals surface area contributed by atoms with Crippen LogP contribution in [0.4, 0.5) is 0 Å². The second-order valence-corrected chi connectivity index (χ2v) is 16.3. The first-order valence-electron chi connectivity index (χ1n) is 21.8. The Morgan fingerprint density at radius 3 is 1.29 bits per heavy atom. The molecule has 0 aliphatic rings. The van der Waals surface area contributed by atoms with E-state index >= 15 is 0 Å². The summed E-state index contributed by atoms with van der Waals surface area (Å²) in [4.78, 5) is 42.2. The topological polar surface area (TPSA) is 82.7 Å². The predicted octanol–water partition coefficient (Wildman–Crippen LogP) is 13.5. The number of ketones is 2. The zero-order valence-electron chi connectivity index (χ0n) is 35.4. The molecule has 0 N–H and O–H groups in total. The summed E-state index contributed by atoms with van der Waals surface area (Å²) in [6, 6.07) is 74.0. The molecule has 12 rings (SSSR count). The van der Waals surface area contributed by atoms with Crippen molar-refractivity contribution >= 4 is 55.2 Å². The van der Waals surface area contributed by atoms with Crippen LogP contribution in [0.15, 0.2) is 224 Å². The summed E-state index contributed by atoms with van der Waals surface area (Å²) >= 11 is 0. The van der Waals surface area contributed by atoms with Gasteiger partial charge in [0.05, 0.1) is 22.1 Å². The first kappa shape index (κ1) is 38.6. The van der Waals surface area contributed by atoms with Gasteiger partial charge in [-0.15, -0.1) is 0 Å². The van der Waals surface area contributed by atoms with E-state index in [1.54, 1.807) is 0 Å². The second kappa shape index (κ2) is 15.9. The number of carbonyl (C=O) groups is 2. The third kappa shape index (κ3) is 6.66. The van der Waals surface area contributed by atoms with Gasteiger partial charge in [-0.05, 0) is 53.6 Å². The van der Waals surface area contributed by atoms with E-state index in [0.717, 1.165) is 60.8 Å². The molecule has 0 amide bonds. The van der Waals surface area contributed by atoms with Gasteiger partial charge < -0.3 is 4.57 Å². The predicted molar refractivity (Wildman–Crippen MR) is 265 cm³/mol. The van der Waals surface area contributed by atoms with Crippen LogP contribution >= 0.6 is 0 Å². The number of para-hydroxylation sites is 3. The van der Waals surface area contributed by atoms with Crippen molar-refractivity contribution < 1.29 is 9.59 Å². The SMILES string of the molecule is O=C(c1ccccc1)c1ccc(-c2nc(-c3ccc(C(=O)c4ccccc4)cc3)nc(-n3c4ccccc4c4ccc(-c5ccc6c(c5)c5ccccc5n6-c5ccccc5)cc43)n2)cc1. The minimum absolute atomic E-state index is 0.0634. The van der Waals surface area contributed by atoms with Gasteiger partial charge in [0.25, 0.3) is 0 Å². The maximum atomic E-state index is 13.4. The van der Waals surface area contributed by atoms with Crippen molar-refractivity contribution in [2.45, 2.75) is 0 Å². The van der Waals surface area contributed by atoms with Crippen LogP contribution in [0, 0.1) is 0 Å². The van der Waals surface area contributed by atoms with Crippen molar-refractivity contribution in [3.05, 3.63) is 247 Å². The third-order valence-electron chi connectivity index (χ3n) is 12.4. The van der Waals surface area contributed by atoms with Crippen LogP contribution in [0.2, 0.25) is 0 Å². The van der Waals surface area contributed by atoms with Crippen molar-refractivity contribution in [1.29, 1.82) is 0 Å². The smallest absolute Gasteiger partial charge is 0.238 e. The van der Waals surface area contributed by atoms with Crippen LogP contribution in [0.3, 0.4) is 0 Å². The Hall–Kier alpha value is -9.07. The Bertz CT molecular complexity index is 3710. The summed E-state index contributed by atoms with van der Waals surface area (Å²) in [5, 5.41) is 4.49. The molecule has 66 heavy (non-hydrogen) atoms. The maximum absolute atomic E-state index is 13.4. The highest BCUT2D eigenvalue weighted by Crippen LogP contribution is 2.38. The average Bonchev–Trinajstić information content (AvgIpc) is 3.91. The molecular weight excluding hydrogens is 811 g/mol. The number of hydrogen-bond donors (Lipinski definition) is 0. The van der Waals surface area contributed by atoms with E-state index in [4.69, 9.17) is 15.0 Å². The quantitative estimate of drug-likeness (QED) is 0.135. The van der Waals surface area contributed by atoms with Crippen molar-refractivity contribution in [2.75, 3.05) is 0 Å². The molecule has 0 radical (unpaired) electrons. The van der Waals surface area contributed by atoms with E-state index < -0.39 is 0 Å². The number of fused-ring (bicyclic) bond motifs is 6. The Morgan fingerprint density at radius 2 is 0.712 bits per heavy atom. The summed E-state index contributed by atoms with van der Waals surface area (Å²) in [5.41, 5.74) is 11.3. The lowest BCUT2D eigenvalue weighted by atomic mass is 10.0. The summed E-state index contributed by atoms with van der Waals surface area (Å²) in [6.07, 6.45) is 0. The van der Waals surface area contributed by atoms with Gasteiger partial charge in [-0.2, -0.15) is 9.97 Å². The van der Waals surface area contributed by atoms with Crippen molar-refractivity contribution in [2.24, 2.45) is 0 Å². The first-order valence-corrected chi connectivity index (χ1v) is 21.8. The fraction of sp³-hybridized carbons (Fsp3) is 0. The highest BCUT2D eigenvalue weighted by molar-refractivity contribution is 6.13. The van der Waals surface area contributed by atoms with Gasteiger partial charge in [0.15, 0.2) is 23.2 Å². The van der Waals surface area contributed by atoms with Crippen LogP contribution in [0.1, 0.15) is 31.8 Å². The molecular formula is C59H37N5O2. The fourth-order valence-corrected chi connectivity index (χ4v) is 9.15. The Morgan fingerprint density at radius 1 is 0.303 bits per heavy atom. The molecule has 0 atom stereocenters. The summed E-state index contributed by atoms with van der Waals surface area (Å²) < 4.78 is 4.44. The van der Waals surface area contributed by atoms with Crippen LogP contribution in [0.25, 0.3) is 89.2 Å². The van der Waals surface area contributed by atoms with E-state index in [9.17, 15) is 9.59 Å². The molecule has 9 aromatic carbocycles. The average molecular weight is 848 g/mol. The molecule has 0 saturated heterocycles. The Kier molecular flexibility index (Phi) is 9.31. The summed E-state index contributed by atoms with van der Waals surface area (Å²) in [5.74, 6) is 1.20. The first-order chi connectivity index (χ1) is 32.6. The lowest BCUT2D eigenvalue weighted by Crippen LogP contribution is -2.07. The minimum atomic E-state index is -0.0634. The largest absolute Gasteiger partial charge is 0.309 e. The monoisotopic (exact) mass is 847 g/mol. The van der Waals surface area contributed by atoms with Crippen LogP contribution in [0.5, 0.6) is 0 Å². The van der Waals surface area contributed by atoms with E-state index in [-0.39, 0.29) is 11.6 Å². The van der Waals surface area contributed by atoms with Crippen molar-refractivity contribution in [1.82, 2.24) is 24.1 Å². The fourth-order valence-electron chi connectivity index (χ4n) is 9.15. The molecule has 310 valence electrons. The zero-order valence-corrected chi connectivity index (χ0v) is 35.4. The van der Waals surface area contributed by atoms with Crippen LogP contribution in [-0.4, -0.2) is 35.7 Å². The van der Waals surface area contributed by atoms with Gasteiger partial charge in [-0.3, -0.25) is 14.2 Å². The maximum Gasteiger partial charge on any atom is 0.238 e. The van der Waals surface area contributed by atoms with Gasteiger partial charge in [0.1, 0.15) is 0 Å². The second-order valence-electron chi connectivity index (χ2n) is 16.3. The zero-order chi connectivity index (χ0) is 44.1. The van der Waals surface area contributed by atoms with E-state index in [0.29, 0.717) is 39.9 Å². The number of carbonyl (C=O) groups excluding carboxylic acids is 2. The van der Waals surface area contributed by atoms with E-state index in [1.165, 1.54) is 10.8 Å². The van der Waals surface area contributed by atoms with Gasteiger partial charge >= 0.3 is 0 Å². The van der Waals surface area contributed by atoms with Gasteiger partial charge in [0.2, 0.25) is 5.95 Å². The molecule has 0 aliphatic carbocycles. The molecule has 7 heteroatoms. The molecule has 0 bridgehead atoms. The molecule has 0 saturated carbocycles.